The molecule has 1 N–H and O–H groups in total. The molecule has 3 nitrogen and oxygen atoms in total. The Balaban J connectivity index is 2.12. The molecule has 0 bridgehead atoms. The summed E-state index contributed by atoms with van der Waals surface area (Å²) in [7, 11) is 0. The number of benzene rings is 1. The standard InChI is InChI=1S/C17H18ClNO2S/c1-4-11(2)10-21-16-9-13(5-6-15(16)18)19-17(22)14-7-8-20-12(14)3/h4-9H,10H2,1-3H3,(H,19,22)/b11-4+. The molecule has 1 aromatic heterocycles. The third kappa shape index (κ3) is 4.12. The summed E-state index contributed by atoms with van der Waals surface area (Å²) in [6.07, 6.45) is 3.63. The normalized spacial score (nSPS) is 11.4. The first kappa shape index (κ1) is 16.6. The van der Waals surface area contributed by atoms with Gasteiger partial charge in [-0.25, -0.2) is 0 Å². The van der Waals surface area contributed by atoms with E-state index in [1.54, 1.807) is 12.3 Å². The van der Waals surface area contributed by atoms with Crippen LogP contribution in [0.1, 0.15) is 25.2 Å². The molecule has 1 aromatic carbocycles. The minimum absolute atomic E-state index is 0.505. The third-order valence-corrected chi connectivity index (χ3v) is 3.87. The van der Waals surface area contributed by atoms with Gasteiger partial charge in [-0.05, 0) is 44.5 Å². The molecule has 0 aliphatic rings. The molecular weight excluding hydrogens is 318 g/mol. The summed E-state index contributed by atoms with van der Waals surface area (Å²) in [6, 6.07) is 7.33. The summed E-state index contributed by atoms with van der Waals surface area (Å²) < 4.78 is 11.0. The Morgan fingerprint density at radius 2 is 2.18 bits per heavy atom. The molecule has 0 saturated carbocycles. The zero-order chi connectivity index (χ0) is 16.1. The summed E-state index contributed by atoms with van der Waals surface area (Å²) >= 11 is 11.6. The van der Waals surface area contributed by atoms with Gasteiger partial charge in [0.15, 0.2) is 0 Å². The molecule has 0 aliphatic heterocycles. The molecule has 0 aliphatic carbocycles. The first-order chi connectivity index (χ1) is 10.5. The number of aryl methyl sites for hydroxylation is 1. The second kappa shape index (κ2) is 7.47. The van der Waals surface area contributed by atoms with E-state index in [1.165, 1.54) is 0 Å². The van der Waals surface area contributed by atoms with E-state index in [2.05, 4.69) is 5.32 Å². The lowest BCUT2D eigenvalue weighted by atomic mass is 10.2. The molecule has 0 spiro atoms. The van der Waals surface area contributed by atoms with Gasteiger partial charge >= 0.3 is 0 Å². The third-order valence-electron chi connectivity index (χ3n) is 3.24. The lowest BCUT2D eigenvalue weighted by Crippen LogP contribution is -2.11. The highest BCUT2D eigenvalue weighted by Gasteiger charge is 2.09. The van der Waals surface area contributed by atoms with E-state index >= 15 is 0 Å². The van der Waals surface area contributed by atoms with Crippen LogP contribution in [0.15, 0.2) is 46.6 Å². The van der Waals surface area contributed by atoms with Crippen LogP contribution < -0.4 is 10.1 Å². The zero-order valence-electron chi connectivity index (χ0n) is 12.8. The average molecular weight is 336 g/mol. The second-order valence-corrected chi connectivity index (χ2v) is 5.73. The highest BCUT2D eigenvalue weighted by atomic mass is 35.5. The molecule has 2 rings (SSSR count). The van der Waals surface area contributed by atoms with E-state index in [0.29, 0.717) is 22.4 Å². The number of halogens is 1. The molecule has 0 fully saturated rings. The largest absolute Gasteiger partial charge is 0.488 e. The molecule has 1 heterocycles. The fourth-order valence-corrected chi connectivity index (χ4v) is 2.29. The van der Waals surface area contributed by atoms with Crippen LogP contribution in [0.5, 0.6) is 5.75 Å². The number of furan rings is 1. The number of rotatable bonds is 5. The fraction of sp³-hybridized carbons (Fsp3) is 0.235. The average Bonchev–Trinajstić information content (AvgIpc) is 2.93. The summed E-state index contributed by atoms with van der Waals surface area (Å²) in [6.45, 7) is 6.36. The van der Waals surface area contributed by atoms with Gasteiger partial charge in [0.05, 0.1) is 16.8 Å². The second-order valence-electron chi connectivity index (χ2n) is 4.91. The lowest BCUT2D eigenvalue weighted by Gasteiger charge is -2.12. The smallest absolute Gasteiger partial charge is 0.140 e. The van der Waals surface area contributed by atoms with E-state index in [-0.39, 0.29) is 0 Å². The van der Waals surface area contributed by atoms with Crippen molar-refractivity contribution in [3.63, 3.8) is 0 Å². The number of hydrogen-bond acceptors (Lipinski definition) is 3. The predicted molar refractivity (Wildman–Crippen MR) is 95.1 cm³/mol. The van der Waals surface area contributed by atoms with Gasteiger partial charge in [-0.1, -0.05) is 29.9 Å². The van der Waals surface area contributed by atoms with Gasteiger partial charge < -0.3 is 14.5 Å². The SMILES string of the molecule is C/C=C(\C)COc1cc(NC(=S)c2ccoc2C)ccc1Cl. The number of thiocarbonyl (C=S) groups is 1. The molecule has 22 heavy (non-hydrogen) atoms. The van der Waals surface area contributed by atoms with E-state index in [4.69, 9.17) is 33.0 Å². The van der Waals surface area contributed by atoms with Crippen LogP contribution in [-0.4, -0.2) is 11.6 Å². The number of allylic oxidation sites excluding steroid dienone is 1. The maximum atomic E-state index is 6.16. The summed E-state index contributed by atoms with van der Waals surface area (Å²) in [5, 5.41) is 3.74. The number of hydrogen-bond donors (Lipinski definition) is 1. The minimum atomic E-state index is 0.505. The first-order valence-electron chi connectivity index (χ1n) is 6.91. The van der Waals surface area contributed by atoms with Gasteiger partial charge in [0.25, 0.3) is 0 Å². The Labute approximate surface area is 140 Å². The van der Waals surface area contributed by atoms with Gasteiger partial charge in [0, 0.05) is 11.8 Å². The van der Waals surface area contributed by atoms with Crippen molar-refractivity contribution in [2.45, 2.75) is 20.8 Å². The molecular formula is C17H18ClNO2S. The van der Waals surface area contributed by atoms with Crippen LogP contribution >= 0.6 is 23.8 Å². The molecule has 2 aromatic rings. The Hall–Kier alpha value is -1.78. The van der Waals surface area contributed by atoms with Gasteiger partial charge in [-0.15, -0.1) is 0 Å². The predicted octanol–water partition coefficient (Wildman–Crippen LogP) is 5.37. The van der Waals surface area contributed by atoms with Gasteiger partial charge in [0.1, 0.15) is 23.1 Å². The van der Waals surface area contributed by atoms with Gasteiger partial charge in [-0.2, -0.15) is 0 Å². The van der Waals surface area contributed by atoms with Crippen molar-refractivity contribution in [1.29, 1.82) is 0 Å². The van der Waals surface area contributed by atoms with E-state index in [1.807, 2.05) is 45.0 Å². The van der Waals surface area contributed by atoms with Crippen molar-refractivity contribution in [1.82, 2.24) is 0 Å². The Morgan fingerprint density at radius 1 is 1.41 bits per heavy atom. The number of anilines is 1. The summed E-state index contributed by atoms with van der Waals surface area (Å²) in [5.74, 6) is 1.41. The molecule has 0 atom stereocenters. The van der Waals surface area contributed by atoms with Crippen molar-refractivity contribution in [3.8, 4) is 5.75 Å². The van der Waals surface area contributed by atoms with Crippen molar-refractivity contribution < 1.29 is 9.15 Å². The summed E-state index contributed by atoms with van der Waals surface area (Å²) in [5.41, 5.74) is 2.83. The van der Waals surface area contributed by atoms with E-state index in [9.17, 15) is 0 Å². The van der Waals surface area contributed by atoms with E-state index < -0.39 is 0 Å². The highest BCUT2D eigenvalue weighted by Crippen LogP contribution is 2.28. The molecule has 116 valence electrons. The van der Waals surface area contributed by atoms with Crippen LogP contribution in [0, 0.1) is 6.92 Å². The monoisotopic (exact) mass is 335 g/mol. The fourth-order valence-electron chi connectivity index (χ4n) is 1.79. The van der Waals surface area contributed by atoms with E-state index in [0.717, 1.165) is 22.6 Å². The van der Waals surface area contributed by atoms with Crippen molar-refractivity contribution in [2.75, 3.05) is 11.9 Å². The Kier molecular flexibility index (Phi) is 5.63. The Morgan fingerprint density at radius 3 is 2.82 bits per heavy atom. The molecule has 5 heteroatoms. The molecule has 0 saturated heterocycles. The maximum Gasteiger partial charge on any atom is 0.140 e. The molecule has 0 radical (unpaired) electrons. The zero-order valence-corrected chi connectivity index (χ0v) is 14.3. The number of nitrogens with one attached hydrogen (secondary N) is 1. The van der Waals surface area contributed by atoms with Gasteiger partial charge in [0.2, 0.25) is 0 Å². The minimum Gasteiger partial charge on any atom is -0.488 e. The molecule has 0 amide bonds. The van der Waals surface area contributed by atoms with Gasteiger partial charge in [-0.3, -0.25) is 0 Å². The molecule has 0 unspecified atom stereocenters. The highest BCUT2D eigenvalue weighted by molar-refractivity contribution is 7.81. The number of ether oxygens (including phenoxy) is 1. The summed E-state index contributed by atoms with van der Waals surface area (Å²) in [4.78, 5) is 0.601. The topological polar surface area (TPSA) is 34.4 Å². The van der Waals surface area contributed by atoms with Crippen LogP contribution in [-0.2, 0) is 0 Å². The maximum absolute atomic E-state index is 6.16. The van der Waals surface area contributed by atoms with Crippen molar-refractivity contribution in [3.05, 3.63) is 58.5 Å². The van der Waals surface area contributed by atoms with Crippen molar-refractivity contribution in [2.24, 2.45) is 0 Å². The van der Waals surface area contributed by atoms with Crippen LogP contribution in [0.2, 0.25) is 5.02 Å². The van der Waals surface area contributed by atoms with Crippen LogP contribution in [0.4, 0.5) is 5.69 Å². The van der Waals surface area contributed by atoms with Crippen LogP contribution in [0.3, 0.4) is 0 Å². The Bertz CT molecular complexity index is 706. The van der Waals surface area contributed by atoms with Crippen molar-refractivity contribution >= 4 is 34.5 Å². The lowest BCUT2D eigenvalue weighted by molar-refractivity contribution is 0.352. The quantitative estimate of drug-likeness (QED) is 0.588. The van der Waals surface area contributed by atoms with Crippen LogP contribution in [0.25, 0.3) is 0 Å². The first-order valence-corrected chi connectivity index (χ1v) is 7.69.